The van der Waals surface area contributed by atoms with E-state index in [9.17, 15) is 9.59 Å². The number of hydrogen-bond acceptors (Lipinski definition) is 6. The van der Waals surface area contributed by atoms with Crippen LogP contribution in [0.5, 0.6) is 0 Å². The van der Waals surface area contributed by atoms with Gasteiger partial charge in [0, 0.05) is 37.8 Å². The van der Waals surface area contributed by atoms with Crippen molar-refractivity contribution >= 4 is 11.8 Å². The lowest BCUT2D eigenvalue weighted by molar-refractivity contribution is -0.141. The molecule has 5 heterocycles. The normalized spacial score (nSPS) is 26.5. The van der Waals surface area contributed by atoms with Gasteiger partial charge in [0.25, 0.3) is 0 Å². The van der Waals surface area contributed by atoms with Gasteiger partial charge in [-0.15, -0.1) is 0 Å². The van der Waals surface area contributed by atoms with E-state index in [0.29, 0.717) is 45.9 Å². The summed E-state index contributed by atoms with van der Waals surface area (Å²) in [4.78, 5) is 31.7. The molecule has 4 aliphatic rings. The van der Waals surface area contributed by atoms with Gasteiger partial charge in [-0.3, -0.25) is 14.5 Å². The SMILES string of the molecule is Cc1noc(C)c1CN1C(=O)[C@H]2CC[C@@H]1CN(CC(=O)N1CCOCC1)C2. The first-order valence-corrected chi connectivity index (χ1v) is 9.83. The van der Waals surface area contributed by atoms with Gasteiger partial charge in [-0.05, 0) is 26.7 Å². The Hall–Kier alpha value is -1.93. The molecule has 0 aliphatic carbocycles. The predicted molar refractivity (Wildman–Crippen MR) is 96.9 cm³/mol. The van der Waals surface area contributed by atoms with Gasteiger partial charge in [-0.1, -0.05) is 5.16 Å². The molecule has 27 heavy (non-hydrogen) atoms. The number of hydrogen-bond donors (Lipinski definition) is 0. The van der Waals surface area contributed by atoms with Gasteiger partial charge in [-0.25, -0.2) is 0 Å². The van der Waals surface area contributed by atoms with Crippen LogP contribution in [0.2, 0.25) is 0 Å². The van der Waals surface area contributed by atoms with E-state index in [1.54, 1.807) is 0 Å². The fourth-order valence-corrected chi connectivity index (χ4v) is 4.47. The van der Waals surface area contributed by atoms with E-state index in [-0.39, 0.29) is 23.8 Å². The van der Waals surface area contributed by atoms with Crippen LogP contribution in [-0.2, 0) is 20.9 Å². The molecule has 0 N–H and O–H groups in total. The maximum atomic E-state index is 13.0. The number of nitrogens with zero attached hydrogens (tertiary/aromatic N) is 4. The Kier molecular flexibility index (Phi) is 5.19. The van der Waals surface area contributed by atoms with E-state index < -0.39 is 0 Å². The first-order valence-electron chi connectivity index (χ1n) is 9.83. The van der Waals surface area contributed by atoms with Gasteiger partial charge in [0.15, 0.2) is 0 Å². The molecule has 2 atom stereocenters. The standard InChI is InChI=1S/C19H28N4O4/c1-13-17(14(2)27-20-13)11-23-16-4-3-15(19(23)25)9-21(10-16)12-18(24)22-5-7-26-8-6-22/h15-16H,3-12H2,1-2H3/t15-,16+/m0/s1. The first kappa shape index (κ1) is 18.4. The fourth-order valence-electron chi connectivity index (χ4n) is 4.47. The lowest BCUT2D eigenvalue weighted by atomic mass is 9.93. The summed E-state index contributed by atoms with van der Waals surface area (Å²) in [5, 5.41) is 4.01. The summed E-state index contributed by atoms with van der Waals surface area (Å²) in [6.07, 6.45) is 1.89. The van der Waals surface area contributed by atoms with Crippen LogP contribution in [0.1, 0.15) is 29.9 Å². The van der Waals surface area contributed by atoms with Crippen LogP contribution in [0.25, 0.3) is 0 Å². The third-order valence-electron chi connectivity index (χ3n) is 6.10. The van der Waals surface area contributed by atoms with Crippen LogP contribution >= 0.6 is 0 Å². The fraction of sp³-hybridized carbons (Fsp3) is 0.737. The van der Waals surface area contributed by atoms with Crippen molar-refractivity contribution < 1.29 is 18.8 Å². The molecular weight excluding hydrogens is 348 g/mol. The average Bonchev–Trinajstić information content (AvgIpc) is 2.83. The molecule has 8 heteroatoms. The molecule has 8 nitrogen and oxygen atoms in total. The number of rotatable bonds is 4. The summed E-state index contributed by atoms with van der Waals surface area (Å²) in [7, 11) is 0. The minimum atomic E-state index is -0.0262. The van der Waals surface area contributed by atoms with Gasteiger partial charge in [0.05, 0.1) is 37.9 Å². The highest BCUT2D eigenvalue weighted by Gasteiger charge is 2.41. The molecule has 0 spiro atoms. The minimum absolute atomic E-state index is 0.0262. The van der Waals surface area contributed by atoms with Gasteiger partial charge in [0.2, 0.25) is 11.8 Å². The van der Waals surface area contributed by atoms with Gasteiger partial charge in [0.1, 0.15) is 5.76 Å². The van der Waals surface area contributed by atoms with Gasteiger partial charge in [-0.2, -0.15) is 0 Å². The van der Waals surface area contributed by atoms with Crippen LogP contribution in [0.4, 0.5) is 0 Å². The maximum absolute atomic E-state index is 13.0. The minimum Gasteiger partial charge on any atom is -0.378 e. The topological polar surface area (TPSA) is 79.1 Å². The zero-order valence-electron chi connectivity index (χ0n) is 16.1. The summed E-state index contributed by atoms with van der Waals surface area (Å²) in [5.74, 6) is 1.10. The highest BCUT2D eigenvalue weighted by Crippen LogP contribution is 2.31. The smallest absolute Gasteiger partial charge is 0.236 e. The summed E-state index contributed by atoms with van der Waals surface area (Å²) in [6, 6.07) is 0.141. The highest BCUT2D eigenvalue weighted by atomic mass is 16.5. The Morgan fingerprint density at radius 3 is 2.67 bits per heavy atom. The Labute approximate surface area is 159 Å². The molecule has 4 fully saturated rings. The molecule has 0 radical (unpaired) electrons. The lowest BCUT2D eigenvalue weighted by Crippen LogP contribution is -2.48. The van der Waals surface area contributed by atoms with Crippen molar-refractivity contribution in [3.63, 3.8) is 0 Å². The third-order valence-corrected chi connectivity index (χ3v) is 6.10. The van der Waals surface area contributed by atoms with Crippen molar-refractivity contribution in [2.45, 2.75) is 39.3 Å². The number of morpholine rings is 1. The second-order valence-corrected chi connectivity index (χ2v) is 7.88. The van der Waals surface area contributed by atoms with Crippen molar-refractivity contribution in [3.8, 4) is 0 Å². The number of amides is 2. The van der Waals surface area contributed by atoms with Crippen LogP contribution < -0.4 is 0 Å². The van der Waals surface area contributed by atoms with Crippen molar-refractivity contribution in [2.75, 3.05) is 45.9 Å². The van der Waals surface area contributed by atoms with Crippen molar-refractivity contribution in [1.29, 1.82) is 0 Å². The Balaban J connectivity index is 1.44. The Morgan fingerprint density at radius 1 is 1.19 bits per heavy atom. The van der Waals surface area contributed by atoms with Crippen LogP contribution in [0, 0.1) is 19.8 Å². The molecule has 2 bridgehead atoms. The maximum Gasteiger partial charge on any atom is 0.236 e. The van der Waals surface area contributed by atoms with E-state index in [0.717, 1.165) is 36.4 Å². The number of fused-ring (bicyclic) bond motifs is 4. The zero-order valence-corrected chi connectivity index (χ0v) is 16.1. The highest BCUT2D eigenvalue weighted by molar-refractivity contribution is 5.81. The molecule has 148 valence electrons. The van der Waals surface area contributed by atoms with Crippen LogP contribution in [0.15, 0.2) is 4.52 Å². The number of carbonyl (C=O) groups excluding carboxylic acids is 2. The number of carbonyl (C=O) groups is 2. The molecule has 5 rings (SSSR count). The number of aryl methyl sites for hydroxylation is 2. The summed E-state index contributed by atoms with van der Waals surface area (Å²) in [6.45, 7) is 8.72. The second kappa shape index (κ2) is 7.59. The third kappa shape index (κ3) is 3.73. The second-order valence-electron chi connectivity index (χ2n) is 7.88. The molecule has 2 amide bonds. The Morgan fingerprint density at radius 2 is 1.96 bits per heavy atom. The number of aromatic nitrogens is 1. The van der Waals surface area contributed by atoms with E-state index in [1.165, 1.54) is 0 Å². The van der Waals surface area contributed by atoms with E-state index >= 15 is 0 Å². The first-order chi connectivity index (χ1) is 13.0. The van der Waals surface area contributed by atoms with Gasteiger partial charge >= 0.3 is 0 Å². The monoisotopic (exact) mass is 376 g/mol. The largest absolute Gasteiger partial charge is 0.378 e. The zero-order chi connectivity index (χ0) is 19.0. The van der Waals surface area contributed by atoms with E-state index in [2.05, 4.69) is 10.1 Å². The summed E-state index contributed by atoms with van der Waals surface area (Å²) in [5.41, 5.74) is 1.85. The summed E-state index contributed by atoms with van der Waals surface area (Å²) < 4.78 is 10.6. The molecule has 0 unspecified atom stereocenters. The molecule has 1 aromatic rings. The Bertz CT molecular complexity index is 693. The predicted octanol–water partition coefficient (Wildman–Crippen LogP) is 0.573. The summed E-state index contributed by atoms with van der Waals surface area (Å²) >= 11 is 0. The van der Waals surface area contributed by atoms with Crippen molar-refractivity contribution in [3.05, 3.63) is 17.0 Å². The molecule has 4 saturated heterocycles. The lowest BCUT2D eigenvalue weighted by Gasteiger charge is -2.36. The van der Waals surface area contributed by atoms with Crippen LogP contribution in [-0.4, -0.2) is 83.7 Å². The quantitative estimate of drug-likeness (QED) is 0.765. The van der Waals surface area contributed by atoms with E-state index in [1.807, 2.05) is 23.6 Å². The van der Waals surface area contributed by atoms with Crippen molar-refractivity contribution in [1.82, 2.24) is 19.9 Å². The van der Waals surface area contributed by atoms with Crippen LogP contribution in [0.3, 0.4) is 0 Å². The molecular formula is C19H28N4O4. The van der Waals surface area contributed by atoms with Crippen molar-refractivity contribution in [2.24, 2.45) is 5.92 Å². The average molecular weight is 376 g/mol. The molecule has 0 aromatic carbocycles. The number of ether oxygens (including phenoxy) is 1. The molecule has 0 saturated carbocycles. The molecule has 1 aromatic heterocycles. The van der Waals surface area contributed by atoms with Gasteiger partial charge < -0.3 is 19.1 Å². The molecule has 4 aliphatic heterocycles. The van der Waals surface area contributed by atoms with E-state index in [4.69, 9.17) is 9.26 Å². The number of piperidine rings is 1.